The number of nitrogens with zero attached hydrogens (tertiary/aromatic N) is 1. The Hall–Kier alpha value is -0.160. The van der Waals surface area contributed by atoms with Crippen LogP contribution >= 0.6 is 0 Å². The van der Waals surface area contributed by atoms with Crippen molar-refractivity contribution in [3.8, 4) is 0 Å². The van der Waals surface area contributed by atoms with Crippen LogP contribution in [0.25, 0.3) is 0 Å². The lowest BCUT2D eigenvalue weighted by atomic mass is 10.1. The van der Waals surface area contributed by atoms with Gasteiger partial charge in [-0.2, -0.15) is 0 Å². The van der Waals surface area contributed by atoms with Crippen molar-refractivity contribution in [2.45, 2.75) is 25.3 Å². The molecule has 2 rings (SSSR count). The van der Waals surface area contributed by atoms with E-state index in [-0.39, 0.29) is 0 Å². The van der Waals surface area contributed by atoms with Gasteiger partial charge in [0.25, 0.3) is 0 Å². The van der Waals surface area contributed by atoms with E-state index in [0.29, 0.717) is 12.0 Å². The van der Waals surface area contributed by atoms with Crippen LogP contribution < -0.4 is 11.2 Å². The van der Waals surface area contributed by atoms with E-state index in [9.17, 15) is 0 Å². The van der Waals surface area contributed by atoms with Crippen LogP contribution in [0.2, 0.25) is 0 Å². The van der Waals surface area contributed by atoms with Crippen molar-refractivity contribution in [1.82, 2.24) is 10.4 Å². The standard InChI is InChI=1S/C10H21N3O/c11-8-9-2-1-3-10(9)12-13-4-6-14-7-5-13/h9-10,12H,1-8,11H2. The minimum Gasteiger partial charge on any atom is -0.379 e. The summed E-state index contributed by atoms with van der Waals surface area (Å²) in [4.78, 5) is 0. The maximum atomic E-state index is 5.75. The van der Waals surface area contributed by atoms with Gasteiger partial charge in [0.2, 0.25) is 0 Å². The van der Waals surface area contributed by atoms with E-state index in [1.807, 2.05) is 0 Å². The van der Waals surface area contributed by atoms with E-state index in [0.717, 1.165) is 32.8 Å². The van der Waals surface area contributed by atoms with Crippen molar-refractivity contribution in [3.05, 3.63) is 0 Å². The van der Waals surface area contributed by atoms with Crippen LogP contribution in [0.5, 0.6) is 0 Å². The molecule has 1 saturated carbocycles. The molecule has 2 atom stereocenters. The topological polar surface area (TPSA) is 50.5 Å². The van der Waals surface area contributed by atoms with E-state index in [1.54, 1.807) is 0 Å². The molecule has 1 saturated heterocycles. The first-order chi connectivity index (χ1) is 6.90. The Morgan fingerprint density at radius 1 is 1.29 bits per heavy atom. The van der Waals surface area contributed by atoms with Gasteiger partial charge in [-0.3, -0.25) is 5.43 Å². The third-order valence-electron chi connectivity index (χ3n) is 3.32. The van der Waals surface area contributed by atoms with Crippen molar-refractivity contribution in [2.24, 2.45) is 11.7 Å². The number of nitrogens with two attached hydrogens (primary N) is 1. The summed E-state index contributed by atoms with van der Waals surface area (Å²) >= 11 is 0. The molecule has 4 nitrogen and oxygen atoms in total. The molecule has 0 aromatic carbocycles. The quantitative estimate of drug-likeness (QED) is 0.669. The number of hydrazine groups is 1. The summed E-state index contributed by atoms with van der Waals surface area (Å²) in [5.74, 6) is 0.679. The first kappa shape index (κ1) is 10.4. The van der Waals surface area contributed by atoms with Crippen molar-refractivity contribution in [3.63, 3.8) is 0 Å². The van der Waals surface area contributed by atoms with Crippen molar-refractivity contribution >= 4 is 0 Å². The summed E-state index contributed by atoms with van der Waals surface area (Å²) < 4.78 is 5.31. The molecule has 1 aliphatic carbocycles. The molecule has 0 bridgehead atoms. The van der Waals surface area contributed by atoms with E-state index in [2.05, 4.69) is 10.4 Å². The molecule has 82 valence electrons. The molecule has 0 aromatic rings. The summed E-state index contributed by atoms with van der Waals surface area (Å²) in [7, 11) is 0. The largest absolute Gasteiger partial charge is 0.379 e. The molecule has 0 amide bonds. The third-order valence-corrected chi connectivity index (χ3v) is 3.32. The van der Waals surface area contributed by atoms with Gasteiger partial charge in [0.05, 0.1) is 13.2 Å². The molecule has 14 heavy (non-hydrogen) atoms. The van der Waals surface area contributed by atoms with Gasteiger partial charge in [-0.05, 0) is 25.3 Å². The molecule has 0 aromatic heterocycles. The first-order valence-corrected chi connectivity index (χ1v) is 5.69. The molecule has 1 aliphatic heterocycles. The fourth-order valence-corrected chi connectivity index (χ4v) is 2.42. The number of morpholine rings is 1. The Kier molecular flexibility index (Phi) is 3.75. The Bertz CT molecular complexity index is 171. The molecule has 2 unspecified atom stereocenters. The molecule has 2 aliphatic rings. The minimum absolute atomic E-state index is 0.609. The molecule has 0 spiro atoms. The predicted octanol–water partition coefficient (Wildman–Crippen LogP) is -0.0494. The maximum Gasteiger partial charge on any atom is 0.0608 e. The lowest BCUT2D eigenvalue weighted by Gasteiger charge is -2.32. The lowest BCUT2D eigenvalue weighted by molar-refractivity contribution is 0.000543. The molecule has 4 heteroatoms. The zero-order valence-corrected chi connectivity index (χ0v) is 8.74. The summed E-state index contributed by atoms with van der Waals surface area (Å²) in [5.41, 5.74) is 9.34. The van der Waals surface area contributed by atoms with Gasteiger partial charge in [0.15, 0.2) is 0 Å². The van der Waals surface area contributed by atoms with E-state index in [1.165, 1.54) is 19.3 Å². The highest BCUT2D eigenvalue weighted by molar-refractivity contribution is 4.83. The van der Waals surface area contributed by atoms with Gasteiger partial charge in [-0.1, -0.05) is 6.42 Å². The lowest BCUT2D eigenvalue weighted by Crippen LogP contribution is -2.51. The van der Waals surface area contributed by atoms with Crippen LogP contribution in [0.4, 0.5) is 0 Å². The molecular weight excluding hydrogens is 178 g/mol. The second-order valence-corrected chi connectivity index (χ2v) is 4.26. The van der Waals surface area contributed by atoms with Crippen molar-refractivity contribution < 1.29 is 4.74 Å². The zero-order chi connectivity index (χ0) is 9.80. The van der Waals surface area contributed by atoms with Gasteiger partial charge in [-0.15, -0.1) is 0 Å². The van der Waals surface area contributed by atoms with Crippen LogP contribution in [0, 0.1) is 5.92 Å². The van der Waals surface area contributed by atoms with Gasteiger partial charge in [0, 0.05) is 19.1 Å². The number of rotatable bonds is 3. The Labute approximate surface area is 85.7 Å². The SMILES string of the molecule is NCC1CCCC1NN1CCOCC1. The fourth-order valence-electron chi connectivity index (χ4n) is 2.42. The maximum absolute atomic E-state index is 5.75. The summed E-state index contributed by atoms with van der Waals surface area (Å²) in [6, 6.07) is 0.609. The monoisotopic (exact) mass is 199 g/mol. The average Bonchev–Trinajstić information content (AvgIpc) is 2.67. The Morgan fingerprint density at radius 3 is 2.79 bits per heavy atom. The number of nitrogens with one attached hydrogen (secondary N) is 1. The van der Waals surface area contributed by atoms with Crippen LogP contribution in [-0.2, 0) is 4.74 Å². The van der Waals surface area contributed by atoms with Gasteiger partial charge in [-0.25, -0.2) is 5.01 Å². The Morgan fingerprint density at radius 2 is 2.07 bits per heavy atom. The van der Waals surface area contributed by atoms with Gasteiger partial charge >= 0.3 is 0 Å². The molecule has 3 N–H and O–H groups in total. The molecule has 2 fully saturated rings. The second-order valence-electron chi connectivity index (χ2n) is 4.26. The van der Waals surface area contributed by atoms with E-state index < -0.39 is 0 Å². The third kappa shape index (κ3) is 2.45. The Balaban J connectivity index is 1.77. The average molecular weight is 199 g/mol. The smallest absolute Gasteiger partial charge is 0.0608 e. The molecule has 1 heterocycles. The van der Waals surface area contributed by atoms with Gasteiger partial charge < -0.3 is 10.5 Å². The second kappa shape index (κ2) is 5.07. The highest BCUT2D eigenvalue weighted by Crippen LogP contribution is 2.24. The van der Waals surface area contributed by atoms with Crippen molar-refractivity contribution in [1.29, 1.82) is 0 Å². The first-order valence-electron chi connectivity index (χ1n) is 5.69. The van der Waals surface area contributed by atoms with E-state index >= 15 is 0 Å². The molecule has 0 radical (unpaired) electrons. The highest BCUT2D eigenvalue weighted by atomic mass is 16.5. The van der Waals surface area contributed by atoms with Crippen LogP contribution in [0.3, 0.4) is 0 Å². The molecular formula is C10H21N3O. The van der Waals surface area contributed by atoms with Crippen LogP contribution in [0.1, 0.15) is 19.3 Å². The normalized spacial score (nSPS) is 34.9. The summed E-state index contributed by atoms with van der Waals surface area (Å²) in [6.07, 6.45) is 3.89. The highest BCUT2D eigenvalue weighted by Gasteiger charge is 2.27. The van der Waals surface area contributed by atoms with E-state index in [4.69, 9.17) is 10.5 Å². The number of hydrogen-bond acceptors (Lipinski definition) is 4. The van der Waals surface area contributed by atoms with Crippen LogP contribution in [-0.4, -0.2) is 43.9 Å². The number of hydrogen-bond donors (Lipinski definition) is 2. The van der Waals surface area contributed by atoms with Crippen LogP contribution in [0.15, 0.2) is 0 Å². The summed E-state index contributed by atoms with van der Waals surface area (Å²) in [5, 5.41) is 2.29. The minimum atomic E-state index is 0.609. The van der Waals surface area contributed by atoms with Gasteiger partial charge in [0.1, 0.15) is 0 Å². The fraction of sp³-hybridized carbons (Fsp3) is 1.00. The predicted molar refractivity (Wildman–Crippen MR) is 55.7 cm³/mol. The zero-order valence-electron chi connectivity index (χ0n) is 8.74. The summed E-state index contributed by atoms with van der Waals surface area (Å²) in [6.45, 7) is 4.55. The number of ether oxygens (including phenoxy) is 1. The van der Waals surface area contributed by atoms with Crippen molar-refractivity contribution in [2.75, 3.05) is 32.8 Å².